The summed E-state index contributed by atoms with van der Waals surface area (Å²) < 4.78 is 5.90. The molecular formula is C24H28ClN3O3. The van der Waals surface area contributed by atoms with Gasteiger partial charge in [-0.15, -0.1) is 0 Å². The fourth-order valence-electron chi connectivity index (χ4n) is 4.17. The molecule has 7 heteroatoms. The quantitative estimate of drug-likeness (QED) is 0.768. The van der Waals surface area contributed by atoms with Gasteiger partial charge in [0.05, 0.1) is 12.2 Å². The minimum atomic E-state index is -0.0745. The maximum absolute atomic E-state index is 13.3. The number of carbonyl (C=O) groups excluding carboxylic acids is 2. The minimum absolute atomic E-state index is 0.0120. The topological polar surface area (TPSA) is 61.9 Å². The van der Waals surface area contributed by atoms with Crippen LogP contribution in [0.25, 0.3) is 0 Å². The molecule has 3 amide bonds. The Hall–Kier alpha value is -2.73. The number of urea groups is 1. The number of halogens is 1. The summed E-state index contributed by atoms with van der Waals surface area (Å²) >= 11 is 5.91. The molecule has 1 fully saturated rings. The predicted octanol–water partition coefficient (Wildman–Crippen LogP) is 4.38. The number of nitrogens with one attached hydrogen (secondary N) is 1. The minimum Gasteiger partial charge on any atom is -0.487 e. The van der Waals surface area contributed by atoms with Crippen molar-refractivity contribution in [3.63, 3.8) is 0 Å². The number of rotatable bonds is 3. The van der Waals surface area contributed by atoms with Crippen LogP contribution in [0.1, 0.15) is 30.9 Å². The van der Waals surface area contributed by atoms with Gasteiger partial charge in [-0.3, -0.25) is 9.69 Å². The third-order valence-electron chi connectivity index (χ3n) is 5.92. The lowest BCUT2D eigenvalue weighted by molar-refractivity contribution is -0.126. The molecule has 4 rings (SSSR count). The Labute approximate surface area is 188 Å². The van der Waals surface area contributed by atoms with E-state index < -0.39 is 0 Å². The number of likely N-dealkylation sites (tertiary alicyclic amines) is 1. The molecule has 0 bridgehead atoms. The number of piperidine rings is 1. The molecule has 31 heavy (non-hydrogen) atoms. The molecule has 0 saturated carbocycles. The van der Waals surface area contributed by atoms with Crippen molar-refractivity contribution in [1.29, 1.82) is 0 Å². The maximum atomic E-state index is 13.3. The Balaban J connectivity index is 1.33. The second kappa shape index (κ2) is 9.18. The van der Waals surface area contributed by atoms with Gasteiger partial charge in [-0.2, -0.15) is 0 Å². The Morgan fingerprint density at radius 3 is 2.55 bits per heavy atom. The predicted molar refractivity (Wildman–Crippen MR) is 122 cm³/mol. The maximum Gasteiger partial charge on any atom is 0.324 e. The van der Waals surface area contributed by atoms with Crippen molar-refractivity contribution in [2.75, 3.05) is 24.5 Å². The Morgan fingerprint density at radius 2 is 1.84 bits per heavy atom. The van der Waals surface area contributed by atoms with Crippen molar-refractivity contribution in [2.24, 2.45) is 5.92 Å². The fraction of sp³-hybridized carbons (Fsp3) is 0.417. The zero-order valence-corrected chi connectivity index (χ0v) is 18.7. The molecule has 2 aromatic carbocycles. The standard InChI is InChI=1S/C24H28ClN3O3/c1-16-3-8-22-21(13-16)28(15-17(2)31-22)24(30)27-11-9-19(10-12-27)23(29)26-14-18-4-6-20(25)7-5-18/h3-8,13,17,19H,9-12,14-15H2,1-2H3,(H,26,29)/t17-/m0/s1. The van der Waals surface area contributed by atoms with E-state index in [2.05, 4.69) is 5.32 Å². The number of fused-ring (bicyclic) bond motifs is 1. The molecule has 2 aliphatic rings. The lowest BCUT2D eigenvalue weighted by Crippen LogP contribution is -2.52. The van der Waals surface area contributed by atoms with Crippen LogP contribution in [0.5, 0.6) is 5.75 Å². The van der Waals surface area contributed by atoms with Crippen LogP contribution in [-0.2, 0) is 11.3 Å². The van der Waals surface area contributed by atoms with Crippen LogP contribution in [0, 0.1) is 12.8 Å². The summed E-state index contributed by atoms with van der Waals surface area (Å²) in [6.07, 6.45) is 1.27. The average molecular weight is 442 g/mol. The van der Waals surface area contributed by atoms with E-state index in [9.17, 15) is 9.59 Å². The number of carbonyl (C=O) groups is 2. The van der Waals surface area contributed by atoms with Crippen LogP contribution in [-0.4, -0.2) is 42.6 Å². The molecule has 1 saturated heterocycles. The summed E-state index contributed by atoms with van der Waals surface area (Å²) in [6, 6.07) is 13.4. The number of hydrogen-bond acceptors (Lipinski definition) is 3. The average Bonchev–Trinajstić information content (AvgIpc) is 2.78. The number of nitrogens with zero attached hydrogens (tertiary/aromatic N) is 2. The van der Waals surface area contributed by atoms with Crippen molar-refractivity contribution in [2.45, 2.75) is 39.3 Å². The highest BCUT2D eigenvalue weighted by atomic mass is 35.5. The molecule has 0 aromatic heterocycles. The van der Waals surface area contributed by atoms with Gasteiger partial charge in [0.1, 0.15) is 11.9 Å². The molecule has 2 aromatic rings. The number of ether oxygens (including phenoxy) is 1. The summed E-state index contributed by atoms with van der Waals surface area (Å²) in [6.45, 7) is 6.14. The zero-order valence-electron chi connectivity index (χ0n) is 17.9. The fourth-order valence-corrected chi connectivity index (χ4v) is 4.29. The van der Waals surface area contributed by atoms with E-state index in [-0.39, 0.29) is 24.0 Å². The van der Waals surface area contributed by atoms with E-state index in [4.69, 9.17) is 16.3 Å². The first-order chi connectivity index (χ1) is 14.9. The van der Waals surface area contributed by atoms with Gasteiger partial charge in [0, 0.05) is 30.6 Å². The second-order valence-electron chi connectivity index (χ2n) is 8.40. The van der Waals surface area contributed by atoms with Gasteiger partial charge in [0.2, 0.25) is 5.91 Å². The highest BCUT2D eigenvalue weighted by Crippen LogP contribution is 2.35. The molecule has 0 radical (unpaired) electrons. The van der Waals surface area contributed by atoms with Gasteiger partial charge >= 0.3 is 6.03 Å². The van der Waals surface area contributed by atoms with Crippen molar-refractivity contribution >= 4 is 29.2 Å². The SMILES string of the molecule is Cc1ccc2c(c1)N(C(=O)N1CCC(C(=O)NCc3ccc(Cl)cc3)CC1)C[C@H](C)O2. The van der Waals surface area contributed by atoms with Crippen LogP contribution < -0.4 is 15.0 Å². The van der Waals surface area contributed by atoms with E-state index in [1.165, 1.54) is 0 Å². The normalized spacial score (nSPS) is 18.9. The van der Waals surface area contributed by atoms with E-state index in [0.29, 0.717) is 44.0 Å². The smallest absolute Gasteiger partial charge is 0.324 e. The number of amides is 3. The van der Waals surface area contributed by atoms with Gasteiger partial charge in [-0.05, 0) is 62.1 Å². The summed E-state index contributed by atoms with van der Waals surface area (Å²) in [5.74, 6) is 0.715. The number of hydrogen-bond donors (Lipinski definition) is 1. The van der Waals surface area contributed by atoms with E-state index in [0.717, 1.165) is 22.6 Å². The molecule has 0 spiro atoms. The Bertz CT molecular complexity index is 955. The molecule has 1 atom stereocenters. The van der Waals surface area contributed by atoms with Crippen molar-refractivity contribution in [3.8, 4) is 5.75 Å². The van der Waals surface area contributed by atoms with Crippen molar-refractivity contribution in [3.05, 3.63) is 58.6 Å². The largest absolute Gasteiger partial charge is 0.487 e. The molecular weight excluding hydrogens is 414 g/mol. The van der Waals surface area contributed by atoms with Crippen LogP contribution in [0.2, 0.25) is 5.02 Å². The summed E-state index contributed by atoms with van der Waals surface area (Å²) in [5, 5.41) is 3.69. The van der Waals surface area contributed by atoms with Gasteiger partial charge in [0.15, 0.2) is 0 Å². The van der Waals surface area contributed by atoms with Gasteiger partial charge in [0.25, 0.3) is 0 Å². The monoisotopic (exact) mass is 441 g/mol. The Morgan fingerprint density at radius 1 is 1.13 bits per heavy atom. The van der Waals surface area contributed by atoms with Crippen LogP contribution in [0.3, 0.4) is 0 Å². The molecule has 0 aliphatic carbocycles. The van der Waals surface area contributed by atoms with Crippen LogP contribution in [0.4, 0.5) is 10.5 Å². The second-order valence-corrected chi connectivity index (χ2v) is 8.83. The number of benzene rings is 2. The van der Waals surface area contributed by atoms with Gasteiger partial charge in [-0.1, -0.05) is 29.8 Å². The Kier molecular flexibility index (Phi) is 6.37. The third-order valence-corrected chi connectivity index (χ3v) is 6.17. The van der Waals surface area contributed by atoms with E-state index in [1.807, 2.05) is 66.1 Å². The molecule has 6 nitrogen and oxygen atoms in total. The van der Waals surface area contributed by atoms with E-state index >= 15 is 0 Å². The number of anilines is 1. The highest BCUT2D eigenvalue weighted by Gasteiger charge is 2.33. The lowest BCUT2D eigenvalue weighted by atomic mass is 9.96. The molecule has 0 unspecified atom stereocenters. The summed E-state index contributed by atoms with van der Waals surface area (Å²) in [4.78, 5) is 29.5. The van der Waals surface area contributed by atoms with Crippen LogP contribution in [0.15, 0.2) is 42.5 Å². The van der Waals surface area contributed by atoms with Crippen LogP contribution >= 0.6 is 11.6 Å². The number of aryl methyl sites for hydroxylation is 1. The van der Waals surface area contributed by atoms with Crippen molar-refractivity contribution < 1.29 is 14.3 Å². The van der Waals surface area contributed by atoms with Gasteiger partial charge in [-0.25, -0.2) is 4.79 Å². The zero-order chi connectivity index (χ0) is 22.0. The first-order valence-corrected chi connectivity index (χ1v) is 11.1. The molecule has 164 valence electrons. The van der Waals surface area contributed by atoms with Gasteiger partial charge < -0.3 is 15.0 Å². The first-order valence-electron chi connectivity index (χ1n) is 10.8. The lowest BCUT2D eigenvalue weighted by Gasteiger charge is -2.39. The highest BCUT2D eigenvalue weighted by molar-refractivity contribution is 6.30. The summed E-state index contributed by atoms with van der Waals surface area (Å²) in [5.41, 5.74) is 2.93. The molecule has 2 aliphatic heterocycles. The van der Waals surface area contributed by atoms with Crippen molar-refractivity contribution in [1.82, 2.24) is 10.2 Å². The molecule has 2 heterocycles. The van der Waals surface area contributed by atoms with E-state index in [1.54, 1.807) is 0 Å². The molecule has 1 N–H and O–H groups in total. The third kappa shape index (κ3) is 4.96. The first kappa shape index (κ1) is 21.5. The summed E-state index contributed by atoms with van der Waals surface area (Å²) in [7, 11) is 0.